The third-order valence-electron chi connectivity index (χ3n) is 2.69. The fourth-order valence-electron chi connectivity index (χ4n) is 1.84. The third-order valence-corrected chi connectivity index (χ3v) is 3.44. The fraction of sp³-hybridized carbons (Fsp3) is 0.273. The number of ketones is 1. The summed E-state index contributed by atoms with van der Waals surface area (Å²) in [6, 6.07) is 5.03. The lowest BCUT2D eigenvalue weighted by molar-refractivity contribution is -0.156. The van der Waals surface area contributed by atoms with Gasteiger partial charge in [-0.05, 0) is 11.6 Å². The maximum atomic E-state index is 11.9. The number of esters is 1. The minimum atomic E-state index is -2.07. The lowest BCUT2D eigenvalue weighted by Gasteiger charge is -2.16. The monoisotopic (exact) mass is 284 g/mol. The first-order valence-electron chi connectivity index (χ1n) is 4.63. The first kappa shape index (κ1) is 11.3. The first-order chi connectivity index (χ1) is 7.50. The molecule has 0 unspecified atom stereocenters. The molecule has 1 aliphatic rings. The summed E-state index contributed by atoms with van der Waals surface area (Å²) in [7, 11) is 1.14. The lowest BCUT2D eigenvalue weighted by atomic mass is 10.00. The molecule has 0 saturated carbocycles. The second-order valence-corrected chi connectivity index (χ2v) is 4.48. The molecule has 0 fully saturated rings. The van der Waals surface area contributed by atoms with Crippen molar-refractivity contribution in [1.82, 2.24) is 0 Å². The van der Waals surface area contributed by atoms with E-state index in [1.807, 2.05) is 0 Å². The van der Waals surface area contributed by atoms with E-state index in [4.69, 9.17) is 0 Å². The van der Waals surface area contributed by atoms with Gasteiger partial charge in [0.05, 0.1) is 7.11 Å². The highest BCUT2D eigenvalue weighted by atomic mass is 79.9. The smallest absolute Gasteiger partial charge is 0.346 e. The molecule has 84 valence electrons. The number of hydrogen-bond acceptors (Lipinski definition) is 4. The van der Waals surface area contributed by atoms with Gasteiger partial charge >= 0.3 is 5.97 Å². The van der Waals surface area contributed by atoms with Gasteiger partial charge in [-0.1, -0.05) is 28.1 Å². The van der Waals surface area contributed by atoms with Crippen molar-refractivity contribution in [2.45, 2.75) is 12.0 Å². The normalized spacial score (nSPS) is 23.1. The Hall–Kier alpha value is -1.20. The van der Waals surface area contributed by atoms with Crippen molar-refractivity contribution in [2.75, 3.05) is 7.11 Å². The maximum absolute atomic E-state index is 11.9. The zero-order chi connectivity index (χ0) is 11.9. The number of hydrogen-bond donors (Lipinski definition) is 1. The van der Waals surface area contributed by atoms with Crippen molar-refractivity contribution in [3.63, 3.8) is 0 Å². The van der Waals surface area contributed by atoms with E-state index >= 15 is 0 Å². The predicted molar refractivity (Wildman–Crippen MR) is 59.1 cm³/mol. The Morgan fingerprint density at radius 3 is 2.81 bits per heavy atom. The standard InChI is InChI=1S/C11H9BrO4/c1-16-10(14)11(15)5-7-6(9(11)13)3-2-4-8(7)12/h2-4,15H,5H2,1H3/t11-/m0/s1. The number of fused-ring (bicyclic) bond motifs is 1. The molecule has 0 bridgehead atoms. The van der Waals surface area contributed by atoms with Crippen LogP contribution in [0.3, 0.4) is 0 Å². The average molecular weight is 285 g/mol. The summed E-state index contributed by atoms with van der Waals surface area (Å²) >= 11 is 3.28. The van der Waals surface area contributed by atoms with Crippen molar-refractivity contribution >= 4 is 27.7 Å². The minimum absolute atomic E-state index is 0.0464. The minimum Gasteiger partial charge on any atom is -0.467 e. The predicted octanol–water partition coefficient (Wildman–Crippen LogP) is 1.09. The number of halogens is 1. The van der Waals surface area contributed by atoms with E-state index in [9.17, 15) is 14.7 Å². The van der Waals surface area contributed by atoms with Crippen LogP contribution in [0.15, 0.2) is 22.7 Å². The van der Waals surface area contributed by atoms with Gasteiger partial charge in [0.2, 0.25) is 11.4 Å². The molecule has 1 atom stereocenters. The van der Waals surface area contributed by atoms with Gasteiger partial charge in [0.25, 0.3) is 0 Å². The van der Waals surface area contributed by atoms with Crippen LogP contribution in [0.1, 0.15) is 15.9 Å². The number of carbonyl (C=O) groups excluding carboxylic acids is 2. The summed E-state index contributed by atoms with van der Waals surface area (Å²) in [4.78, 5) is 23.3. The molecule has 0 aromatic heterocycles. The summed E-state index contributed by atoms with van der Waals surface area (Å²) < 4.78 is 5.16. The summed E-state index contributed by atoms with van der Waals surface area (Å²) in [5.41, 5.74) is -1.07. The number of aliphatic hydroxyl groups is 1. The first-order valence-corrected chi connectivity index (χ1v) is 5.43. The Morgan fingerprint density at radius 2 is 2.25 bits per heavy atom. The van der Waals surface area contributed by atoms with E-state index in [0.717, 1.165) is 7.11 Å². The zero-order valence-electron chi connectivity index (χ0n) is 8.49. The van der Waals surface area contributed by atoms with Crippen molar-refractivity contribution in [2.24, 2.45) is 0 Å². The molecule has 2 rings (SSSR count). The van der Waals surface area contributed by atoms with Crippen LogP contribution in [0.5, 0.6) is 0 Å². The summed E-state index contributed by atoms with van der Waals surface area (Å²) in [5.74, 6) is -1.52. The van der Waals surface area contributed by atoms with Gasteiger partial charge in [-0.15, -0.1) is 0 Å². The van der Waals surface area contributed by atoms with Crippen molar-refractivity contribution in [3.8, 4) is 0 Å². The SMILES string of the molecule is COC(=O)[C@]1(O)Cc2c(Br)cccc2C1=O. The number of rotatable bonds is 1. The summed E-state index contributed by atoms with van der Waals surface area (Å²) in [6.45, 7) is 0. The van der Waals surface area contributed by atoms with E-state index in [0.29, 0.717) is 15.6 Å². The molecule has 16 heavy (non-hydrogen) atoms. The van der Waals surface area contributed by atoms with Crippen LogP contribution in [0.4, 0.5) is 0 Å². The second-order valence-electron chi connectivity index (χ2n) is 3.62. The molecule has 0 heterocycles. The molecule has 1 aliphatic carbocycles. The summed E-state index contributed by atoms with van der Waals surface area (Å²) in [6.07, 6.45) is -0.0464. The van der Waals surface area contributed by atoms with Crippen LogP contribution < -0.4 is 0 Å². The average Bonchev–Trinajstić information content (AvgIpc) is 2.54. The van der Waals surface area contributed by atoms with Gasteiger partial charge in [0, 0.05) is 16.5 Å². The van der Waals surface area contributed by atoms with E-state index < -0.39 is 17.4 Å². The molecule has 0 spiro atoms. The van der Waals surface area contributed by atoms with Gasteiger partial charge < -0.3 is 9.84 Å². The number of Topliss-reactive ketones (excluding diaryl/α,β-unsaturated/α-hetero) is 1. The number of carbonyl (C=O) groups is 2. The highest BCUT2D eigenvalue weighted by molar-refractivity contribution is 9.10. The largest absolute Gasteiger partial charge is 0.467 e. The van der Waals surface area contributed by atoms with Crippen LogP contribution in [-0.4, -0.2) is 29.6 Å². The molecule has 0 amide bonds. The molecule has 1 aromatic rings. The van der Waals surface area contributed by atoms with Gasteiger partial charge in [-0.3, -0.25) is 4.79 Å². The molecule has 4 nitrogen and oxygen atoms in total. The Morgan fingerprint density at radius 1 is 1.56 bits per heavy atom. The van der Waals surface area contributed by atoms with E-state index in [1.54, 1.807) is 18.2 Å². The molecular formula is C11H9BrO4. The van der Waals surface area contributed by atoms with Crippen molar-refractivity contribution in [3.05, 3.63) is 33.8 Å². The summed E-state index contributed by atoms with van der Waals surface area (Å²) in [5, 5.41) is 10.0. The molecule has 0 aliphatic heterocycles. The zero-order valence-corrected chi connectivity index (χ0v) is 10.1. The highest BCUT2D eigenvalue weighted by Crippen LogP contribution is 2.35. The molecule has 1 N–H and O–H groups in total. The van der Waals surface area contributed by atoms with E-state index in [-0.39, 0.29) is 6.42 Å². The van der Waals surface area contributed by atoms with Crippen LogP contribution >= 0.6 is 15.9 Å². The highest BCUT2D eigenvalue weighted by Gasteiger charge is 2.51. The molecular weight excluding hydrogens is 276 g/mol. The second kappa shape index (κ2) is 3.68. The molecule has 1 aromatic carbocycles. The number of benzene rings is 1. The molecule has 0 saturated heterocycles. The number of ether oxygens (including phenoxy) is 1. The maximum Gasteiger partial charge on any atom is 0.346 e. The van der Waals surface area contributed by atoms with Gasteiger partial charge in [0.15, 0.2) is 0 Å². The molecule has 5 heteroatoms. The topological polar surface area (TPSA) is 63.6 Å². The van der Waals surface area contributed by atoms with E-state index in [2.05, 4.69) is 20.7 Å². The van der Waals surface area contributed by atoms with Crippen LogP contribution in [0.25, 0.3) is 0 Å². The van der Waals surface area contributed by atoms with Crippen molar-refractivity contribution < 1.29 is 19.4 Å². The Balaban J connectivity index is 2.53. The van der Waals surface area contributed by atoms with Crippen LogP contribution in [-0.2, 0) is 16.0 Å². The van der Waals surface area contributed by atoms with Gasteiger partial charge in [-0.2, -0.15) is 0 Å². The van der Waals surface area contributed by atoms with Crippen LogP contribution in [0, 0.1) is 0 Å². The van der Waals surface area contributed by atoms with Gasteiger partial charge in [0.1, 0.15) is 0 Å². The van der Waals surface area contributed by atoms with E-state index in [1.165, 1.54) is 0 Å². The molecule has 0 radical (unpaired) electrons. The Labute approximate surface area is 100 Å². The van der Waals surface area contributed by atoms with Crippen LogP contribution in [0.2, 0.25) is 0 Å². The van der Waals surface area contributed by atoms with Crippen molar-refractivity contribution in [1.29, 1.82) is 0 Å². The lowest BCUT2D eigenvalue weighted by Crippen LogP contribution is -2.45. The number of methoxy groups -OCH3 is 1. The third kappa shape index (κ3) is 1.39. The van der Waals surface area contributed by atoms with Gasteiger partial charge in [-0.25, -0.2) is 4.79 Å². The Kier molecular flexibility index (Phi) is 2.59. The Bertz CT molecular complexity index is 483. The fourth-order valence-corrected chi connectivity index (χ4v) is 2.35. The quantitative estimate of drug-likeness (QED) is 0.619.